The van der Waals surface area contributed by atoms with Gasteiger partial charge in [-0.25, -0.2) is 0 Å². The van der Waals surface area contributed by atoms with Crippen LogP contribution in [0.3, 0.4) is 0 Å². The van der Waals surface area contributed by atoms with Gasteiger partial charge in [0, 0.05) is 34.3 Å². The molecule has 0 radical (unpaired) electrons. The van der Waals surface area contributed by atoms with E-state index in [4.69, 9.17) is 0 Å². The average molecular weight is 342 g/mol. The van der Waals surface area contributed by atoms with Gasteiger partial charge < -0.3 is 0 Å². The number of nitrogens with zero attached hydrogens (tertiary/aromatic N) is 1. The molecule has 0 aromatic carbocycles. The molecule has 1 aliphatic heterocycles. The molecule has 3 rings (SSSR count). The first-order valence-corrected chi connectivity index (χ1v) is 8.91. The number of thiophene rings is 1. The zero-order valence-electron chi connectivity index (χ0n) is 11.1. The van der Waals surface area contributed by atoms with Gasteiger partial charge in [-0.15, -0.1) is 11.3 Å². The summed E-state index contributed by atoms with van der Waals surface area (Å²) < 4.78 is 1.22. The largest absolute Gasteiger partial charge is 0.299 e. The predicted molar refractivity (Wildman–Crippen MR) is 82.4 cm³/mol. The summed E-state index contributed by atoms with van der Waals surface area (Å²) in [5, 5.41) is 2.14. The van der Waals surface area contributed by atoms with E-state index in [1.165, 1.54) is 28.6 Å². The number of hydrogen-bond donors (Lipinski definition) is 0. The maximum atomic E-state index is 12.1. The second kappa shape index (κ2) is 6.06. The van der Waals surface area contributed by atoms with Crippen molar-refractivity contribution in [3.8, 4) is 0 Å². The normalized spacial score (nSPS) is 29.0. The van der Waals surface area contributed by atoms with Crippen molar-refractivity contribution in [3.05, 3.63) is 20.8 Å². The SMILES string of the molecule is O=C1CCCC1C1CCCCN1Cc1sccc1Br. The molecule has 0 amide bonds. The summed E-state index contributed by atoms with van der Waals surface area (Å²) >= 11 is 5.44. The molecular weight excluding hydrogens is 322 g/mol. The number of piperidine rings is 1. The van der Waals surface area contributed by atoms with Gasteiger partial charge in [-0.3, -0.25) is 9.69 Å². The van der Waals surface area contributed by atoms with Gasteiger partial charge in [0.25, 0.3) is 0 Å². The van der Waals surface area contributed by atoms with Crippen LogP contribution in [-0.2, 0) is 11.3 Å². The van der Waals surface area contributed by atoms with Gasteiger partial charge in [-0.2, -0.15) is 0 Å². The van der Waals surface area contributed by atoms with Crippen molar-refractivity contribution in [2.24, 2.45) is 5.92 Å². The molecule has 104 valence electrons. The molecule has 2 aliphatic rings. The highest BCUT2D eigenvalue weighted by Crippen LogP contribution is 2.34. The van der Waals surface area contributed by atoms with Crippen LogP contribution < -0.4 is 0 Å². The van der Waals surface area contributed by atoms with Gasteiger partial charge in [-0.1, -0.05) is 6.42 Å². The highest BCUT2D eigenvalue weighted by molar-refractivity contribution is 9.10. The Labute approximate surface area is 127 Å². The van der Waals surface area contributed by atoms with Crippen LogP contribution in [0.1, 0.15) is 43.4 Å². The van der Waals surface area contributed by atoms with Gasteiger partial charge in [0.05, 0.1) is 0 Å². The number of halogens is 1. The second-order valence-corrected chi connectivity index (χ2v) is 7.55. The van der Waals surface area contributed by atoms with Crippen LogP contribution in [0.5, 0.6) is 0 Å². The molecule has 1 aliphatic carbocycles. The topological polar surface area (TPSA) is 20.3 Å². The molecule has 2 nitrogen and oxygen atoms in total. The summed E-state index contributed by atoms with van der Waals surface area (Å²) in [4.78, 5) is 16.0. The fourth-order valence-electron chi connectivity index (χ4n) is 3.54. The Morgan fingerprint density at radius 1 is 1.32 bits per heavy atom. The first-order chi connectivity index (χ1) is 9.25. The van der Waals surface area contributed by atoms with E-state index in [1.54, 1.807) is 0 Å². The molecule has 0 spiro atoms. The number of rotatable bonds is 3. The molecule has 1 aromatic rings. The van der Waals surface area contributed by atoms with E-state index < -0.39 is 0 Å². The van der Waals surface area contributed by atoms with Gasteiger partial charge in [0.1, 0.15) is 5.78 Å². The number of likely N-dealkylation sites (tertiary alicyclic amines) is 1. The van der Waals surface area contributed by atoms with E-state index in [0.29, 0.717) is 17.7 Å². The van der Waals surface area contributed by atoms with E-state index in [1.807, 2.05) is 11.3 Å². The van der Waals surface area contributed by atoms with Crippen molar-refractivity contribution in [1.29, 1.82) is 0 Å². The Morgan fingerprint density at radius 3 is 2.89 bits per heavy atom. The van der Waals surface area contributed by atoms with E-state index in [0.717, 1.165) is 32.4 Å². The molecule has 4 heteroatoms. The van der Waals surface area contributed by atoms with Crippen LogP contribution in [0, 0.1) is 5.92 Å². The highest BCUT2D eigenvalue weighted by Gasteiger charge is 2.36. The van der Waals surface area contributed by atoms with Crippen molar-refractivity contribution in [3.63, 3.8) is 0 Å². The third-order valence-corrected chi connectivity index (χ3v) is 6.43. The van der Waals surface area contributed by atoms with Crippen LogP contribution in [0.15, 0.2) is 15.9 Å². The summed E-state index contributed by atoms with van der Waals surface area (Å²) in [6.07, 6.45) is 6.82. The van der Waals surface area contributed by atoms with Crippen molar-refractivity contribution in [2.45, 2.75) is 51.1 Å². The summed E-state index contributed by atoms with van der Waals surface area (Å²) in [5.41, 5.74) is 0. The van der Waals surface area contributed by atoms with Crippen LogP contribution in [0.2, 0.25) is 0 Å². The maximum Gasteiger partial charge on any atom is 0.137 e. The molecule has 0 bridgehead atoms. The Balaban J connectivity index is 1.74. The third kappa shape index (κ3) is 2.96. The first-order valence-electron chi connectivity index (χ1n) is 7.24. The number of ketones is 1. The minimum atomic E-state index is 0.319. The molecule has 19 heavy (non-hydrogen) atoms. The van der Waals surface area contributed by atoms with E-state index in [2.05, 4.69) is 32.3 Å². The number of Topliss-reactive ketones (excluding diaryl/α,β-unsaturated/α-hetero) is 1. The number of hydrogen-bond acceptors (Lipinski definition) is 3. The molecule has 0 N–H and O–H groups in total. The number of carbonyl (C=O) groups excluding carboxylic acids is 1. The minimum absolute atomic E-state index is 0.319. The van der Waals surface area contributed by atoms with E-state index in [9.17, 15) is 4.79 Å². The minimum Gasteiger partial charge on any atom is -0.299 e. The lowest BCUT2D eigenvalue weighted by molar-refractivity contribution is -0.123. The Kier molecular flexibility index (Phi) is 4.40. The van der Waals surface area contributed by atoms with Gasteiger partial charge >= 0.3 is 0 Å². The van der Waals surface area contributed by atoms with E-state index >= 15 is 0 Å². The molecule has 2 heterocycles. The molecule has 1 saturated carbocycles. The third-order valence-electron chi connectivity index (χ3n) is 4.52. The van der Waals surface area contributed by atoms with Crippen LogP contribution >= 0.6 is 27.3 Å². The quantitative estimate of drug-likeness (QED) is 0.819. The lowest BCUT2D eigenvalue weighted by Crippen LogP contribution is -2.44. The maximum absolute atomic E-state index is 12.1. The number of carbonyl (C=O) groups is 1. The summed E-state index contributed by atoms with van der Waals surface area (Å²) in [5.74, 6) is 0.834. The van der Waals surface area contributed by atoms with Crippen molar-refractivity contribution in [1.82, 2.24) is 4.90 Å². The summed E-state index contributed by atoms with van der Waals surface area (Å²) in [7, 11) is 0. The van der Waals surface area contributed by atoms with Crippen LogP contribution in [0.4, 0.5) is 0 Å². The molecule has 2 fully saturated rings. The second-order valence-electron chi connectivity index (χ2n) is 5.69. The smallest absolute Gasteiger partial charge is 0.137 e. The lowest BCUT2D eigenvalue weighted by atomic mass is 9.88. The Morgan fingerprint density at radius 2 is 2.21 bits per heavy atom. The first kappa shape index (κ1) is 13.8. The standard InChI is InChI=1S/C15H20BrNOS/c16-12-7-9-19-15(12)10-17-8-2-1-5-13(17)11-4-3-6-14(11)18/h7,9,11,13H,1-6,8,10H2. The molecule has 2 atom stereocenters. The van der Waals surface area contributed by atoms with Crippen molar-refractivity contribution in [2.75, 3.05) is 6.54 Å². The van der Waals surface area contributed by atoms with Crippen molar-refractivity contribution < 1.29 is 4.79 Å². The van der Waals surface area contributed by atoms with Crippen LogP contribution in [-0.4, -0.2) is 23.3 Å². The van der Waals surface area contributed by atoms with Gasteiger partial charge in [0.15, 0.2) is 0 Å². The van der Waals surface area contributed by atoms with E-state index in [-0.39, 0.29) is 0 Å². The van der Waals surface area contributed by atoms with Gasteiger partial charge in [0.2, 0.25) is 0 Å². The Hall–Kier alpha value is -0.190. The lowest BCUT2D eigenvalue weighted by Gasteiger charge is -2.38. The monoisotopic (exact) mass is 341 g/mol. The fourth-order valence-corrected chi connectivity index (χ4v) is 5.04. The Bertz CT molecular complexity index is 459. The predicted octanol–water partition coefficient (Wildman–Crippen LogP) is 4.23. The summed E-state index contributed by atoms with van der Waals surface area (Å²) in [6.45, 7) is 2.16. The molecule has 2 unspecified atom stereocenters. The summed E-state index contributed by atoms with van der Waals surface area (Å²) in [6, 6.07) is 2.62. The highest BCUT2D eigenvalue weighted by atomic mass is 79.9. The van der Waals surface area contributed by atoms with Crippen molar-refractivity contribution >= 4 is 33.0 Å². The zero-order valence-corrected chi connectivity index (χ0v) is 13.5. The molecule has 1 aromatic heterocycles. The fraction of sp³-hybridized carbons (Fsp3) is 0.667. The molecule has 1 saturated heterocycles. The average Bonchev–Trinajstić information content (AvgIpc) is 3.00. The van der Waals surface area contributed by atoms with Gasteiger partial charge in [-0.05, 0) is 59.6 Å². The zero-order chi connectivity index (χ0) is 13.2. The molecular formula is C15H20BrNOS. The van der Waals surface area contributed by atoms with Crippen LogP contribution in [0.25, 0.3) is 0 Å².